The average molecular weight is 276 g/mol. The van der Waals surface area contributed by atoms with E-state index in [4.69, 9.17) is 11.6 Å². The molecule has 0 N–H and O–H groups in total. The van der Waals surface area contributed by atoms with Crippen molar-refractivity contribution in [2.75, 3.05) is 0 Å². The lowest BCUT2D eigenvalue weighted by atomic mass is 10.1. The van der Waals surface area contributed by atoms with Crippen molar-refractivity contribution in [3.8, 4) is 11.4 Å². The van der Waals surface area contributed by atoms with Crippen molar-refractivity contribution in [2.45, 2.75) is 12.1 Å². The number of hydrogen-bond donors (Lipinski definition) is 0. The number of rotatable bonds is 2. The molecule has 0 radical (unpaired) electrons. The fourth-order valence-electron chi connectivity index (χ4n) is 1.54. The molecule has 1 heterocycles. The fraction of sp³-hybridized carbons (Fsp3) is 0.273. The van der Waals surface area contributed by atoms with E-state index in [1.165, 1.54) is 12.1 Å². The molecule has 0 bridgehead atoms. The molecular weight excluding hydrogens is 267 g/mol. The third kappa shape index (κ3) is 2.33. The molecule has 0 saturated heterocycles. The molecule has 0 atom stereocenters. The molecule has 0 fully saturated rings. The normalized spacial score (nSPS) is 11.8. The lowest BCUT2D eigenvalue weighted by Gasteiger charge is -2.07. The maximum Gasteiger partial charge on any atom is 0.416 e. The number of nitrogens with zero attached hydrogens (tertiary/aromatic N) is 3. The minimum Gasteiger partial charge on any atom is -0.313 e. The number of aromatic nitrogens is 3. The van der Waals surface area contributed by atoms with Crippen LogP contribution in [0.5, 0.6) is 0 Å². The molecule has 0 saturated carbocycles. The van der Waals surface area contributed by atoms with Crippen molar-refractivity contribution in [3.05, 3.63) is 35.7 Å². The SMILES string of the molecule is Cn1c(CCl)nnc1-c1ccc(C(F)(F)F)cc1. The monoisotopic (exact) mass is 275 g/mol. The summed E-state index contributed by atoms with van der Waals surface area (Å²) in [5.74, 6) is 1.25. The zero-order valence-electron chi connectivity index (χ0n) is 9.37. The first kappa shape index (κ1) is 12.9. The summed E-state index contributed by atoms with van der Waals surface area (Å²) in [6.07, 6.45) is -4.33. The van der Waals surface area contributed by atoms with E-state index in [1.807, 2.05) is 0 Å². The largest absolute Gasteiger partial charge is 0.416 e. The second kappa shape index (κ2) is 4.61. The number of alkyl halides is 4. The molecule has 1 aromatic carbocycles. The Morgan fingerprint density at radius 3 is 2.22 bits per heavy atom. The lowest BCUT2D eigenvalue weighted by molar-refractivity contribution is -0.137. The minimum atomic E-state index is -4.33. The Bertz CT molecular complexity index is 546. The van der Waals surface area contributed by atoms with Gasteiger partial charge in [-0.2, -0.15) is 13.2 Å². The van der Waals surface area contributed by atoms with E-state index in [0.29, 0.717) is 17.2 Å². The highest BCUT2D eigenvalue weighted by Crippen LogP contribution is 2.30. The standard InChI is InChI=1S/C11H9ClF3N3/c1-18-9(6-12)16-17-10(18)7-2-4-8(5-3-7)11(13,14)15/h2-5H,6H2,1H3. The topological polar surface area (TPSA) is 30.7 Å². The van der Waals surface area contributed by atoms with Gasteiger partial charge in [0.25, 0.3) is 0 Å². The molecule has 0 aliphatic heterocycles. The molecule has 2 rings (SSSR count). The molecular formula is C11H9ClF3N3. The van der Waals surface area contributed by atoms with E-state index in [1.54, 1.807) is 11.6 Å². The Hall–Kier alpha value is -1.56. The molecule has 18 heavy (non-hydrogen) atoms. The number of hydrogen-bond acceptors (Lipinski definition) is 2. The second-order valence-electron chi connectivity index (χ2n) is 3.71. The first-order chi connectivity index (χ1) is 8.43. The quantitative estimate of drug-likeness (QED) is 0.788. The maximum atomic E-state index is 12.4. The van der Waals surface area contributed by atoms with Gasteiger partial charge in [-0.15, -0.1) is 21.8 Å². The molecule has 2 aromatic rings. The van der Waals surface area contributed by atoms with Gasteiger partial charge in [-0.25, -0.2) is 0 Å². The summed E-state index contributed by atoms with van der Waals surface area (Å²) in [5, 5.41) is 7.74. The summed E-state index contributed by atoms with van der Waals surface area (Å²) in [5.41, 5.74) is -0.125. The van der Waals surface area contributed by atoms with Gasteiger partial charge in [0.2, 0.25) is 0 Å². The van der Waals surface area contributed by atoms with Gasteiger partial charge >= 0.3 is 6.18 Å². The Morgan fingerprint density at radius 2 is 1.78 bits per heavy atom. The first-order valence-corrected chi connectivity index (χ1v) is 5.59. The van der Waals surface area contributed by atoms with Crippen LogP contribution in [0.15, 0.2) is 24.3 Å². The van der Waals surface area contributed by atoms with Crippen molar-refractivity contribution in [1.82, 2.24) is 14.8 Å². The van der Waals surface area contributed by atoms with Crippen molar-refractivity contribution in [3.63, 3.8) is 0 Å². The van der Waals surface area contributed by atoms with Crippen molar-refractivity contribution < 1.29 is 13.2 Å². The highest BCUT2D eigenvalue weighted by Gasteiger charge is 2.30. The average Bonchev–Trinajstić information content (AvgIpc) is 2.69. The van der Waals surface area contributed by atoms with Crippen molar-refractivity contribution in [1.29, 1.82) is 0 Å². The summed E-state index contributed by atoms with van der Waals surface area (Å²) >= 11 is 5.65. The molecule has 0 amide bonds. The van der Waals surface area contributed by atoms with Gasteiger partial charge in [-0.1, -0.05) is 12.1 Å². The third-order valence-electron chi connectivity index (χ3n) is 2.55. The van der Waals surface area contributed by atoms with Crippen LogP contribution in [0.25, 0.3) is 11.4 Å². The van der Waals surface area contributed by atoms with Crippen LogP contribution in [0.4, 0.5) is 13.2 Å². The van der Waals surface area contributed by atoms with Crippen LogP contribution >= 0.6 is 11.6 Å². The van der Waals surface area contributed by atoms with Crippen LogP contribution in [0.1, 0.15) is 11.4 Å². The zero-order chi connectivity index (χ0) is 13.3. The molecule has 1 aromatic heterocycles. The summed E-state index contributed by atoms with van der Waals surface area (Å²) in [6, 6.07) is 4.77. The van der Waals surface area contributed by atoms with Crippen LogP contribution in [0.3, 0.4) is 0 Å². The Morgan fingerprint density at radius 1 is 1.17 bits per heavy atom. The first-order valence-electron chi connectivity index (χ1n) is 5.05. The van der Waals surface area contributed by atoms with Gasteiger partial charge in [0.1, 0.15) is 5.82 Å². The van der Waals surface area contributed by atoms with E-state index >= 15 is 0 Å². The number of benzene rings is 1. The van der Waals surface area contributed by atoms with Crippen LogP contribution < -0.4 is 0 Å². The molecule has 0 unspecified atom stereocenters. The summed E-state index contributed by atoms with van der Waals surface area (Å²) < 4.78 is 38.9. The van der Waals surface area contributed by atoms with Crippen LogP contribution in [0.2, 0.25) is 0 Å². The van der Waals surface area contributed by atoms with E-state index in [0.717, 1.165) is 12.1 Å². The third-order valence-corrected chi connectivity index (χ3v) is 2.79. The summed E-state index contributed by atoms with van der Waals surface area (Å²) in [6.45, 7) is 0. The van der Waals surface area contributed by atoms with E-state index in [2.05, 4.69) is 10.2 Å². The molecule has 3 nitrogen and oxygen atoms in total. The summed E-state index contributed by atoms with van der Waals surface area (Å²) in [7, 11) is 1.71. The van der Waals surface area contributed by atoms with E-state index in [9.17, 15) is 13.2 Å². The molecule has 0 aliphatic rings. The van der Waals surface area contributed by atoms with Crippen LogP contribution in [0, 0.1) is 0 Å². The maximum absolute atomic E-state index is 12.4. The van der Waals surface area contributed by atoms with Gasteiger partial charge in [-0.05, 0) is 12.1 Å². The Balaban J connectivity index is 2.37. The Labute approximate surface area is 106 Å². The van der Waals surface area contributed by atoms with Crippen LogP contribution in [-0.2, 0) is 19.1 Å². The van der Waals surface area contributed by atoms with Gasteiger partial charge < -0.3 is 4.57 Å². The molecule has 7 heteroatoms. The highest BCUT2D eigenvalue weighted by atomic mass is 35.5. The number of halogens is 4. The molecule has 96 valence electrons. The van der Waals surface area contributed by atoms with Gasteiger partial charge in [0, 0.05) is 12.6 Å². The van der Waals surface area contributed by atoms with Gasteiger partial charge in [0.05, 0.1) is 11.4 Å². The minimum absolute atomic E-state index is 0.199. The summed E-state index contributed by atoms with van der Waals surface area (Å²) in [4.78, 5) is 0. The van der Waals surface area contributed by atoms with Crippen LogP contribution in [-0.4, -0.2) is 14.8 Å². The predicted octanol–water partition coefficient (Wildman–Crippen LogP) is 3.24. The zero-order valence-corrected chi connectivity index (χ0v) is 10.1. The van der Waals surface area contributed by atoms with Crippen molar-refractivity contribution in [2.24, 2.45) is 7.05 Å². The fourth-order valence-corrected chi connectivity index (χ4v) is 1.77. The van der Waals surface area contributed by atoms with Gasteiger partial charge in [0.15, 0.2) is 5.82 Å². The van der Waals surface area contributed by atoms with Gasteiger partial charge in [-0.3, -0.25) is 0 Å². The van der Waals surface area contributed by atoms with E-state index < -0.39 is 11.7 Å². The highest BCUT2D eigenvalue weighted by molar-refractivity contribution is 6.16. The smallest absolute Gasteiger partial charge is 0.313 e. The molecule has 0 aliphatic carbocycles. The van der Waals surface area contributed by atoms with E-state index in [-0.39, 0.29) is 5.88 Å². The predicted molar refractivity (Wildman–Crippen MR) is 61.0 cm³/mol. The lowest BCUT2D eigenvalue weighted by Crippen LogP contribution is -2.04. The Kier molecular flexibility index (Phi) is 3.30. The van der Waals surface area contributed by atoms with Crippen molar-refractivity contribution >= 4 is 11.6 Å². The molecule has 0 spiro atoms. The second-order valence-corrected chi connectivity index (χ2v) is 3.97.